The molecule has 1 nitrogen and oxygen atoms in total. The Bertz CT molecular complexity index is 606. The minimum atomic E-state index is -4.43. The molecule has 22 heavy (non-hydrogen) atoms. The molecule has 0 unspecified atom stereocenters. The topological polar surface area (TPSA) is 9.23 Å². The van der Waals surface area contributed by atoms with Gasteiger partial charge in [0.1, 0.15) is 18.2 Å². The Balaban J connectivity index is 0.00000116. The maximum atomic E-state index is 13.1. The zero-order valence-electron chi connectivity index (χ0n) is 12.7. The van der Waals surface area contributed by atoms with Crippen LogP contribution >= 0.6 is 0 Å². The van der Waals surface area contributed by atoms with Crippen LogP contribution in [0.1, 0.15) is 30.5 Å². The fraction of sp³-hybridized carbons (Fsp3) is 0.294. The van der Waals surface area contributed by atoms with Crippen molar-refractivity contribution in [2.24, 2.45) is 0 Å². The van der Waals surface area contributed by atoms with Crippen molar-refractivity contribution in [3.05, 3.63) is 65.0 Å². The SMILES string of the molecule is CC.Cc1ccc(F)cc1OCc1ccccc1C(F)(F)F. The van der Waals surface area contributed by atoms with Gasteiger partial charge in [0, 0.05) is 11.6 Å². The quantitative estimate of drug-likeness (QED) is 0.655. The molecule has 0 saturated carbocycles. The van der Waals surface area contributed by atoms with Crippen LogP contribution in [0.2, 0.25) is 0 Å². The summed E-state index contributed by atoms with van der Waals surface area (Å²) in [5.41, 5.74) is -0.0615. The van der Waals surface area contributed by atoms with Gasteiger partial charge < -0.3 is 4.74 Å². The van der Waals surface area contributed by atoms with Crippen molar-refractivity contribution in [1.29, 1.82) is 0 Å². The number of aryl methyl sites for hydroxylation is 1. The minimum absolute atomic E-state index is 0.0173. The second kappa shape index (κ2) is 7.82. The van der Waals surface area contributed by atoms with E-state index in [9.17, 15) is 17.6 Å². The van der Waals surface area contributed by atoms with E-state index in [1.165, 1.54) is 30.3 Å². The van der Waals surface area contributed by atoms with Gasteiger partial charge in [0.2, 0.25) is 0 Å². The summed E-state index contributed by atoms with van der Waals surface area (Å²) in [5, 5.41) is 0. The standard InChI is InChI=1S/C15H12F4O.C2H6/c1-10-6-7-12(16)8-14(10)20-9-11-4-2-3-5-13(11)15(17,18)19;1-2/h2-8H,9H2,1H3;1-2H3. The highest BCUT2D eigenvalue weighted by Gasteiger charge is 2.32. The smallest absolute Gasteiger partial charge is 0.416 e. The first-order valence-corrected chi connectivity index (χ1v) is 6.92. The number of halogens is 4. The van der Waals surface area contributed by atoms with Gasteiger partial charge >= 0.3 is 6.18 Å². The molecule has 0 saturated heterocycles. The molecule has 2 rings (SSSR count). The normalized spacial score (nSPS) is 10.7. The van der Waals surface area contributed by atoms with Crippen LogP contribution in [0.15, 0.2) is 42.5 Å². The average molecular weight is 314 g/mol. The summed E-state index contributed by atoms with van der Waals surface area (Å²) in [7, 11) is 0. The lowest BCUT2D eigenvalue weighted by molar-refractivity contribution is -0.138. The predicted molar refractivity (Wildman–Crippen MR) is 78.3 cm³/mol. The number of rotatable bonds is 3. The van der Waals surface area contributed by atoms with E-state index < -0.39 is 17.6 Å². The Labute approximate surface area is 127 Å². The van der Waals surface area contributed by atoms with Gasteiger partial charge in [0.25, 0.3) is 0 Å². The molecule has 2 aromatic rings. The maximum absolute atomic E-state index is 13.1. The van der Waals surface area contributed by atoms with Crippen molar-refractivity contribution >= 4 is 0 Å². The van der Waals surface area contributed by atoms with Gasteiger partial charge in [0.15, 0.2) is 0 Å². The maximum Gasteiger partial charge on any atom is 0.416 e. The van der Waals surface area contributed by atoms with Gasteiger partial charge in [-0.2, -0.15) is 13.2 Å². The molecule has 2 aromatic carbocycles. The molecular formula is C17H18F4O. The molecule has 0 aliphatic carbocycles. The molecule has 0 aliphatic heterocycles. The lowest BCUT2D eigenvalue weighted by Gasteiger charge is -2.14. The molecule has 0 N–H and O–H groups in total. The van der Waals surface area contributed by atoms with Crippen molar-refractivity contribution in [3.63, 3.8) is 0 Å². The van der Waals surface area contributed by atoms with E-state index in [2.05, 4.69) is 0 Å². The van der Waals surface area contributed by atoms with Crippen molar-refractivity contribution in [1.82, 2.24) is 0 Å². The van der Waals surface area contributed by atoms with Gasteiger partial charge in [-0.05, 0) is 24.6 Å². The van der Waals surface area contributed by atoms with Crippen molar-refractivity contribution in [2.45, 2.75) is 33.6 Å². The summed E-state index contributed by atoms with van der Waals surface area (Å²) >= 11 is 0. The van der Waals surface area contributed by atoms with E-state index in [0.29, 0.717) is 5.56 Å². The van der Waals surface area contributed by atoms with Crippen LogP contribution in [0.5, 0.6) is 5.75 Å². The Kier molecular flexibility index (Phi) is 6.40. The summed E-state index contributed by atoms with van der Waals surface area (Å²) < 4.78 is 56.8. The number of hydrogen-bond acceptors (Lipinski definition) is 1. The van der Waals surface area contributed by atoms with Crippen LogP contribution in [0.4, 0.5) is 17.6 Å². The first-order chi connectivity index (χ1) is 10.4. The fourth-order valence-corrected chi connectivity index (χ4v) is 1.81. The Morgan fingerprint density at radius 1 is 1.00 bits per heavy atom. The predicted octanol–water partition coefficient (Wildman–Crippen LogP) is 5.76. The second-order valence-electron chi connectivity index (χ2n) is 4.35. The van der Waals surface area contributed by atoms with E-state index in [4.69, 9.17) is 4.74 Å². The summed E-state index contributed by atoms with van der Waals surface area (Å²) in [4.78, 5) is 0. The average Bonchev–Trinajstić information content (AvgIpc) is 2.49. The molecule has 0 spiro atoms. The fourth-order valence-electron chi connectivity index (χ4n) is 1.81. The summed E-state index contributed by atoms with van der Waals surface area (Å²) in [5.74, 6) is -0.253. The van der Waals surface area contributed by atoms with E-state index in [1.807, 2.05) is 13.8 Å². The van der Waals surface area contributed by atoms with Crippen molar-refractivity contribution < 1.29 is 22.3 Å². The van der Waals surface area contributed by atoms with Gasteiger partial charge in [-0.15, -0.1) is 0 Å². The van der Waals surface area contributed by atoms with Gasteiger partial charge in [-0.1, -0.05) is 38.1 Å². The third kappa shape index (κ3) is 4.76. The molecule has 0 fully saturated rings. The van der Waals surface area contributed by atoms with Gasteiger partial charge in [-0.25, -0.2) is 4.39 Å². The highest BCUT2D eigenvalue weighted by Crippen LogP contribution is 2.32. The number of alkyl halides is 3. The summed E-state index contributed by atoms with van der Waals surface area (Å²) in [6.07, 6.45) is -4.43. The van der Waals surface area contributed by atoms with Crippen LogP contribution in [0.25, 0.3) is 0 Å². The summed E-state index contributed by atoms with van der Waals surface area (Å²) in [6, 6.07) is 9.11. The molecule has 0 heterocycles. The molecule has 0 bridgehead atoms. The molecule has 120 valence electrons. The molecule has 0 amide bonds. The van der Waals surface area contributed by atoms with E-state index in [1.54, 1.807) is 6.92 Å². The number of ether oxygens (including phenoxy) is 1. The van der Waals surface area contributed by atoms with Crippen LogP contribution in [0.3, 0.4) is 0 Å². The Hall–Kier alpha value is -2.04. The Morgan fingerprint density at radius 3 is 2.27 bits per heavy atom. The first-order valence-electron chi connectivity index (χ1n) is 6.92. The molecule has 0 radical (unpaired) electrons. The van der Waals surface area contributed by atoms with Gasteiger partial charge in [0.05, 0.1) is 5.56 Å². The highest BCUT2D eigenvalue weighted by molar-refractivity contribution is 5.34. The summed E-state index contributed by atoms with van der Waals surface area (Å²) in [6.45, 7) is 5.43. The molecule has 0 aromatic heterocycles. The monoisotopic (exact) mass is 314 g/mol. The van der Waals surface area contributed by atoms with Crippen LogP contribution in [-0.4, -0.2) is 0 Å². The third-order valence-corrected chi connectivity index (χ3v) is 2.86. The lowest BCUT2D eigenvalue weighted by Crippen LogP contribution is -2.11. The third-order valence-electron chi connectivity index (χ3n) is 2.86. The van der Waals surface area contributed by atoms with Crippen LogP contribution in [-0.2, 0) is 12.8 Å². The first kappa shape index (κ1) is 18.0. The van der Waals surface area contributed by atoms with E-state index >= 15 is 0 Å². The Morgan fingerprint density at radius 2 is 1.64 bits per heavy atom. The molecule has 5 heteroatoms. The molecule has 0 aliphatic rings. The van der Waals surface area contributed by atoms with Crippen molar-refractivity contribution in [2.75, 3.05) is 0 Å². The van der Waals surface area contributed by atoms with Crippen LogP contribution in [0, 0.1) is 12.7 Å². The zero-order chi connectivity index (χ0) is 16.8. The highest BCUT2D eigenvalue weighted by atomic mass is 19.4. The molecule has 0 atom stereocenters. The van der Waals surface area contributed by atoms with Gasteiger partial charge in [-0.3, -0.25) is 0 Å². The number of hydrogen-bond donors (Lipinski definition) is 0. The number of benzene rings is 2. The van der Waals surface area contributed by atoms with E-state index in [0.717, 1.165) is 12.1 Å². The minimum Gasteiger partial charge on any atom is -0.489 e. The second-order valence-corrected chi connectivity index (χ2v) is 4.35. The van der Waals surface area contributed by atoms with E-state index in [-0.39, 0.29) is 17.9 Å². The van der Waals surface area contributed by atoms with Crippen molar-refractivity contribution in [3.8, 4) is 5.75 Å². The largest absolute Gasteiger partial charge is 0.489 e. The van der Waals surface area contributed by atoms with Crippen LogP contribution < -0.4 is 4.74 Å². The zero-order valence-corrected chi connectivity index (χ0v) is 12.7. The molecular weight excluding hydrogens is 296 g/mol. The lowest BCUT2D eigenvalue weighted by atomic mass is 10.1.